The van der Waals surface area contributed by atoms with Crippen LogP contribution in [0.5, 0.6) is 0 Å². The maximum Gasteiger partial charge on any atom is 0.231 e. The zero-order valence-electron chi connectivity index (χ0n) is 12.8. The summed E-state index contributed by atoms with van der Waals surface area (Å²) in [5.41, 5.74) is 2.04. The molecular weight excluding hydrogens is 298 g/mol. The summed E-state index contributed by atoms with van der Waals surface area (Å²) in [7, 11) is 1.88. The van der Waals surface area contributed by atoms with Gasteiger partial charge in [0.15, 0.2) is 0 Å². The summed E-state index contributed by atoms with van der Waals surface area (Å²) >= 11 is 1.69. The van der Waals surface area contributed by atoms with Crippen LogP contribution in [0.15, 0.2) is 17.8 Å². The highest BCUT2D eigenvalue weighted by molar-refractivity contribution is 7.09. The number of fused-ring (bicyclic) bond motifs is 1. The Morgan fingerprint density at radius 3 is 2.86 bits per heavy atom. The Labute approximate surface area is 133 Å². The summed E-state index contributed by atoms with van der Waals surface area (Å²) < 4.78 is 1.74. The average molecular weight is 317 g/mol. The van der Waals surface area contributed by atoms with E-state index in [4.69, 9.17) is 0 Å². The standard InChI is InChI=1S/C15H19N5OS/c1-10-17-12(9-22-10)6-19-4-11-5-20(15(21)14(11)8-19)13-3-16-18(2)7-13/h3,7,9,11,14H,4-6,8H2,1-2H3/t11-,14-/m0/s1. The van der Waals surface area contributed by atoms with E-state index in [-0.39, 0.29) is 11.8 Å². The predicted octanol–water partition coefficient (Wildman–Crippen LogP) is 1.28. The van der Waals surface area contributed by atoms with Crippen LogP contribution in [0.3, 0.4) is 0 Å². The van der Waals surface area contributed by atoms with Crippen molar-refractivity contribution in [3.8, 4) is 0 Å². The van der Waals surface area contributed by atoms with E-state index in [9.17, 15) is 4.79 Å². The molecule has 1 amide bonds. The Bertz CT molecular complexity index is 708. The molecule has 2 fully saturated rings. The Morgan fingerprint density at radius 2 is 2.23 bits per heavy atom. The molecule has 0 radical (unpaired) electrons. The number of thiazole rings is 1. The van der Waals surface area contributed by atoms with Gasteiger partial charge in [-0.25, -0.2) is 4.98 Å². The van der Waals surface area contributed by atoms with E-state index in [0.717, 1.165) is 42.6 Å². The lowest BCUT2D eigenvalue weighted by Crippen LogP contribution is -2.32. The van der Waals surface area contributed by atoms with Gasteiger partial charge in [0, 0.05) is 50.7 Å². The van der Waals surface area contributed by atoms with Gasteiger partial charge in [0.05, 0.1) is 28.5 Å². The summed E-state index contributed by atoms with van der Waals surface area (Å²) in [5.74, 6) is 0.794. The molecule has 6 nitrogen and oxygen atoms in total. The number of carbonyl (C=O) groups is 1. The molecule has 4 heterocycles. The minimum Gasteiger partial charge on any atom is -0.309 e. The number of hydrogen-bond donors (Lipinski definition) is 0. The van der Waals surface area contributed by atoms with Crippen molar-refractivity contribution in [3.05, 3.63) is 28.5 Å². The van der Waals surface area contributed by atoms with Crippen LogP contribution in [0.1, 0.15) is 10.7 Å². The topological polar surface area (TPSA) is 54.3 Å². The third-order valence-electron chi connectivity index (χ3n) is 4.57. The first-order chi connectivity index (χ1) is 10.6. The van der Waals surface area contributed by atoms with Gasteiger partial charge in [-0.05, 0) is 6.92 Å². The van der Waals surface area contributed by atoms with Crippen LogP contribution in [0.25, 0.3) is 0 Å². The molecular formula is C15H19N5OS. The minimum atomic E-state index is 0.125. The fourth-order valence-corrected chi connectivity index (χ4v) is 4.17. The molecule has 7 heteroatoms. The van der Waals surface area contributed by atoms with E-state index in [0.29, 0.717) is 5.92 Å². The second-order valence-corrected chi connectivity index (χ2v) is 7.30. The molecule has 0 aromatic carbocycles. The maximum atomic E-state index is 12.6. The summed E-state index contributed by atoms with van der Waals surface area (Å²) in [5, 5.41) is 7.39. The molecule has 2 saturated heterocycles. The lowest BCUT2D eigenvalue weighted by molar-refractivity contribution is -0.120. The molecule has 0 spiro atoms. The lowest BCUT2D eigenvalue weighted by Gasteiger charge is -2.19. The zero-order chi connectivity index (χ0) is 15.3. The van der Waals surface area contributed by atoms with Gasteiger partial charge >= 0.3 is 0 Å². The molecule has 2 aromatic heterocycles. The van der Waals surface area contributed by atoms with Gasteiger partial charge in [-0.1, -0.05) is 0 Å². The molecule has 2 aliphatic rings. The smallest absolute Gasteiger partial charge is 0.231 e. The second-order valence-electron chi connectivity index (χ2n) is 6.24. The predicted molar refractivity (Wildman–Crippen MR) is 84.7 cm³/mol. The van der Waals surface area contributed by atoms with Gasteiger partial charge in [-0.3, -0.25) is 14.4 Å². The SMILES string of the molecule is Cc1nc(CN2C[C@H]3CN(c4cnn(C)c4)C(=O)[C@H]3C2)cs1. The average Bonchev–Trinajstić information content (AvgIpc) is 3.20. The molecule has 4 rings (SSSR count). The summed E-state index contributed by atoms with van der Waals surface area (Å²) in [6.45, 7) is 5.52. The van der Waals surface area contributed by atoms with Gasteiger partial charge in [0.25, 0.3) is 0 Å². The van der Waals surface area contributed by atoms with E-state index in [1.807, 2.05) is 25.1 Å². The van der Waals surface area contributed by atoms with Crippen molar-refractivity contribution in [2.45, 2.75) is 13.5 Å². The molecule has 0 saturated carbocycles. The Balaban J connectivity index is 1.43. The molecule has 22 heavy (non-hydrogen) atoms. The number of amides is 1. The molecule has 2 aromatic rings. The molecule has 116 valence electrons. The molecule has 0 N–H and O–H groups in total. The van der Waals surface area contributed by atoms with Crippen molar-refractivity contribution in [2.75, 3.05) is 24.5 Å². The van der Waals surface area contributed by atoms with Crippen molar-refractivity contribution < 1.29 is 4.79 Å². The fraction of sp³-hybridized carbons (Fsp3) is 0.533. The number of anilines is 1. The van der Waals surface area contributed by atoms with Crippen LogP contribution in [-0.4, -0.2) is 45.2 Å². The number of nitrogens with zero attached hydrogens (tertiary/aromatic N) is 5. The van der Waals surface area contributed by atoms with Gasteiger partial charge in [-0.2, -0.15) is 5.10 Å². The Kier molecular flexibility index (Phi) is 3.27. The van der Waals surface area contributed by atoms with Crippen LogP contribution in [-0.2, 0) is 18.4 Å². The maximum absolute atomic E-state index is 12.6. The molecule has 0 unspecified atom stereocenters. The highest BCUT2D eigenvalue weighted by atomic mass is 32.1. The van der Waals surface area contributed by atoms with Gasteiger partial charge < -0.3 is 4.90 Å². The number of rotatable bonds is 3. The quantitative estimate of drug-likeness (QED) is 0.856. The zero-order valence-corrected chi connectivity index (χ0v) is 13.6. The Hall–Kier alpha value is -1.73. The van der Waals surface area contributed by atoms with Crippen LogP contribution in [0, 0.1) is 18.8 Å². The number of hydrogen-bond acceptors (Lipinski definition) is 5. The second kappa shape index (κ2) is 5.17. The molecule has 0 bridgehead atoms. The van der Waals surface area contributed by atoms with E-state index >= 15 is 0 Å². The van der Waals surface area contributed by atoms with E-state index in [2.05, 4.69) is 20.4 Å². The van der Waals surface area contributed by atoms with E-state index in [1.54, 1.807) is 22.2 Å². The third-order valence-corrected chi connectivity index (χ3v) is 5.39. The lowest BCUT2D eigenvalue weighted by atomic mass is 10.0. The summed E-state index contributed by atoms with van der Waals surface area (Å²) in [6.07, 6.45) is 3.68. The van der Waals surface area contributed by atoms with Crippen molar-refractivity contribution in [1.29, 1.82) is 0 Å². The number of aromatic nitrogens is 3. The molecule has 2 atom stereocenters. The number of likely N-dealkylation sites (tertiary alicyclic amines) is 1. The first-order valence-corrected chi connectivity index (χ1v) is 8.41. The van der Waals surface area contributed by atoms with Crippen LogP contribution in [0.4, 0.5) is 5.69 Å². The molecule has 0 aliphatic carbocycles. The molecule has 2 aliphatic heterocycles. The van der Waals surface area contributed by atoms with E-state index < -0.39 is 0 Å². The van der Waals surface area contributed by atoms with E-state index in [1.165, 1.54) is 0 Å². The third kappa shape index (κ3) is 2.34. The highest BCUT2D eigenvalue weighted by Gasteiger charge is 2.46. The monoisotopic (exact) mass is 317 g/mol. The highest BCUT2D eigenvalue weighted by Crippen LogP contribution is 2.35. The van der Waals surface area contributed by atoms with Gasteiger partial charge in [0.2, 0.25) is 5.91 Å². The van der Waals surface area contributed by atoms with Crippen LogP contribution < -0.4 is 4.90 Å². The van der Waals surface area contributed by atoms with Gasteiger partial charge in [-0.15, -0.1) is 11.3 Å². The first kappa shape index (κ1) is 13.9. The number of aryl methyl sites for hydroxylation is 2. The summed E-state index contributed by atoms with van der Waals surface area (Å²) in [4.78, 5) is 21.4. The van der Waals surface area contributed by atoms with Crippen molar-refractivity contribution >= 4 is 22.9 Å². The largest absolute Gasteiger partial charge is 0.309 e. The van der Waals surface area contributed by atoms with Crippen LogP contribution in [0.2, 0.25) is 0 Å². The van der Waals surface area contributed by atoms with Crippen molar-refractivity contribution in [3.63, 3.8) is 0 Å². The fourth-order valence-electron chi connectivity index (χ4n) is 3.57. The van der Waals surface area contributed by atoms with Crippen molar-refractivity contribution in [2.24, 2.45) is 18.9 Å². The van der Waals surface area contributed by atoms with Gasteiger partial charge in [0.1, 0.15) is 0 Å². The first-order valence-electron chi connectivity index (χ1n) is 7.53. The number of carbonyl (C=O) groups excluding carboxylic acids is 1. The Morgan fingerprint density at radius 1 is 1.36 bits per heavy atom. The van der Waals surface area contributed by atoms with Crippen molar-refractivity contribution in [1.82, 2.24) is 19.7 Å². The summed E-state index contributed by atoms with van der Waals surface area (Å²) in [6, 6.07) is 0. The normalized spacial score (nSPS) is 25.2. The minimum absolute atomic E-state index is 0.125. The van der Waals surface area contributed by atoms with Crippen LogP contribution >= 0.6 is 11.3 Å².